The van der Waals surface area contributed by atoms with Crippen LogP contribution >= 0.6 is 0 Å². The smallest absolute Gasteiger partial charge is 0.262 e. The first-order valence-corrected chi connectivity index (χ1v) is 4.55. The van der Waals surface area contributed by atoms with E-state index in [-0.39, 0.29) is 38.0 Å². The Hall–Kier alpha value is -0.950. The van der Waals surface area contributed by atoms with E-state index >= 15 is 0 Å². The minimum absolute atomic E-state index is 0.0279. The van der Waals surface area contributed by atoms with E-state index in [0.717, 1.165) is 0 Å². The molecular weight excluding hydrogens is 208 g/mol. The van der Waals surface area contributed by atoms with Gasteiger partial charge in [-0.15, -0.1) is 0 Å². The first kappa shape index (κ1) is 12.1. The number of hydrogen-bond donors (Lipinski definition) is 2. The van der Waals surface area contributed by atoms with Crippen molar-refractivity contribution in [1.82, 2.24) is 4.90 Å². The number of rotatable bonds is 4. The van der Waals surface area contributed by atoms with Crippen molar-refractivity contribution in [2.45, 2.75) is 18.4 Å². The van der Waals surface area contributed by atoms with Gasteiger partial charge in [0, 0.05) is 19.6 Å². The van der Waals surface area contributed by atoms with Crippen molar-refractivity contribution >= 4 is 5.84 Å². The van der Waals surface area contributed by atoms with Crippen LogP contribution in [-0.4, -0.2) is 54.7 Å². The van der Waals surface area contributed by atoms with Crippen LogP contribution in [0.4, 0.5) is 8.78 Å². The molecule has 1 aliphatic rings. The van der Waals surface area contributed by atoms with Crippen molar-refractivity contribution in [3.8, 4) is 0 Å². The molecular formula is C8H15F2N3O2. The van der Waals surface area contributed by atoms with Crippen molar-refractivity contribution in [2.75, 3.05) is 26.8 Å². The lowest BCUT2D eigenvalue weighted by Crippen LogP contribution is -2.40. The van der Waals surface area contributed by atoms with Crippen LogP contribution in [0.2, 0.25) is 0 Å². The summed E-state index contributed by atoms with van der Waals surface area (Å²) in [4.78, 5) is 1.46. The third-order valence-corrected chi connectivity index (χ3v) is 2.34. The van der Waals surface area contributed by atoms with E-state index in [0.29, 0.717) is 0 Å². The number of ether oxygens (including phenoxy) is 1. The molecule has 1 fully saturated rings. The van der Waals surface area contributed by atoms with Gasteiger partial charge in [-0.05, 0) is 0 Å². The third-order valence-electron chi connectivity index (χ3n) is 2.34. The zero-order valence-corrected chi connectivity index (χ0v) is 8.49. The summed E-state index contributed by atoms with van der Waals surface area (Å²) in [5.74, 6) is -2.80. The van der Waals surface area contributed by atoms with Crippen molar-refractivity contribution in [2.24, 2.45) is 10.9 Å². The summed E-state index contributed by atoms with van der Waals surface area (Å²) in [6, 6.07) is -0.384. The van der Waals surface area contributed by atoms with Gasteiger partial charge in [-0.3, -0.25) is 4.90 Å². The molecule has 1 aliphatic heterocycles. The maximum atomic E-state index is 13.1. The first-order chi connectivity index (χ1) is 6.98. The van der Waals surface area contributed by atoms with Gasteiger partial charge in [0.25, 0.3) is 5.92 Å². The molecule has 7 heteroatoms. The molecule has 0 amide bonds. The Kier molecular flexibility index (Phi) is 3.81. The fourth-order valence-electron chi connectivity index (χ4n) is 1.75. The Balaban J connectivity index is 2.60. The molecule has 1 atom stereocenters. The molecule has 1 saturated heterocycles. The lowest BCUT2D eigenvalue weighted by molar-refractivity contribution is 0.0126. The van der Waals surface area contributed by atoms with E-state index < -0.39 is 5.92 Å². The molecule has 0 spiro atoms. The quantitative estimate of drug-likeness (QED) is 0.306. The van der Waals surface area contributed by atoms with Gasteiger partial charge in [-0.25, -0.2) is 8.78 Å². The first-order valence-electron chi connectivity index (χ1n) is 4.55. The minimum Gasteiger partial charge on any atom is -0.409 e. The SMILES string of the molecule is COC[C@H]1CC(F)(F)CN1CC(N)=NO. The van der Waals surface area contributed by atoms with Gasteiger partial charge in [0.1, 0.15) is 0 Å². The summed E-state index contributed by atoms with van der Waals surface area (Å²) in [6.07, 6.45) is -0.250. The topological polar surface area (TPSA) is 71.1 Å². The molecule has 3 N–H and O–H groups in total. The third kappa shape index (κ3) is 3.28. The molecule has 0 radical (unpaired) electrons. The van der Waals surface area contributed by atoms with Crippen LogP contribution in [0, 0.1) is 0 Å². The van der Waals surface area contributed by atoms with Crippen molar-refractivity contribution in [1.29, 1.82) is 0 Å². The van der Waals surface area contributed by atoms with Crippen LogP contribution in [0.15, 0.2) is 5.16 Å². The predicted octanol–water partition coefficient (Wildman–Crippen LogP) is 0.0888. The number of oxime groups is 1. The van der Waals surface area contributed by atoms with Crippen LogP contribution in [0.5, 0.6) is 0 Å². The highest BCUT2D eigenvalue weighted by Gasteiger charge is 2.44. The molecule has 0 aliphatic carbocycles. The maximum Gasteiger partial charge on any atom is 0.262 e. The number of hydrogen-bond acceptors (Lipinski definition) is 4. The standard InChI is InChI=1S/C8H15F2N3O2/c1-15-4-6-2-8(9,10)5-13(6)3-7(11)12-14/h6,14H,2-5H2,1H3,(H2,11,12)/t6-/m1/s1. The molecule has 0 saturated carbocycles. The largest absolute Gasteiger partial charge is 0.409 e. The minimum atomic E-state index is -2.72. The number of nitrogens with two attached hydrogens (primary N) is 1. The Morgan fingerprint density at radius 3 is 2.93 bits per heavy atom. The molecule has 0 bridgehead atoms. The van der Waals surface area contributed by atoms with Crippen LogP contribution < -0.4 is 5.73 Å². The second kappa shape index (κ2) is 4.71. The second-order valence-corrected chi connectivity index (χ2v) is 3.67. The normalized spacial score (nSPS) is 27.1. The summed E-state index contributed by atoms with van der Waals surface area (Å²) in [5, 5.41) is 11.1. The highest BCUT2D eigenvalue weighted by atomic mass is 19.3. The zero-order valence-electron chi connectivity index (χ0n) is 8.49. The maximum absolute atomic E-state index is 13.1. The average molecular weight is 223 g/mol. The molecule has 88 valence electrons. The van der Waals surface area contributed by atoms with Crippen LogP contribution in [0.1, 0.15) is 6.42 Å². The van der Waals surface area contributed by atoms with Crippen molar-refractivity contribution < 1.29 is 18.7 Å². The summed E-state index contributed by atoms with van der Waals surface area (Å²) in [7, 11) is 1.46. The monoisotopic (exact) mass is 223 g/mol. The number of nitrogens with zero attached hydrogens (tertiary/aromatic N) is 2. The van der Waals surface area contributed by atoms with Gasteiger partial charge in [-0.2, -0.15) is 0 Å². The fourth-order valence-corrected chi connectivity index (χ4v) is 1.75. The van der Waals surface area contributed by atoms with Gasteiger partial charge in [0.2, 0.25) is 0 Å². The lowest BCUT2D eigenvalue weighted by Gasteiger charge is -2.21. The number of likely N-dealkylation sites (tertiary alicyclic amines) is 1. The fraction of sp³-hybridized carbons (Fsp3) is 0.875. The Morgan fingerprint density at radius 2 is 2.40 bits per heavy atom. The second-order valence-electron chi connectivity index (χ2n) is 3.67. The van der Waals surface area contributed by atoms with Crippen LogP contribution in [0.3, 0.4) is 0 Å². The van der Waals surface area contributed by atoms with Crippen LogP contribution in [0.25, 0.3) is 0 Å². The summed E-state index contributed by atoms with van der Waals surface area (Å²) >= 11 is 0. The molecule has 0 aromatic rings. The van der Waals surface area contributed by atoms with E-state index in [9.17, 15) is 8.78 Å². The molecule has 5 nitrogen and oxygen atoms in total. The number of amidine groups is 1. The predicted molar refractivity (Wildman–Crippen MR) is 50.2 cm³/mol. The summed E-state index contributed by atoms with van der Waals surface area (Å²) in [6.45, 7) is -0.133. The average Bonchev–Trinajstić information content (AvgIpc) is 2.41. The van der Waals surface area contributed by atoms with Crippen LogP contribution in [-0.2, 0) is 4.74 Å². The molecule has 1 rings (SSSR count). The Bertz CT molecular complexity index is 248. The molecule has 0 unspecified atom stereocenters. The molecule has 0 aromatic carbocycles. The number of methoxy groups -OCH3 is 1. The lowest BCUT2D eigenvalue weighted by atomic mass is 10.2. The molecule has 0 aromatic heterocycles. The van der Waals surface area contributed by atoms with E-state index in [4.69, 9.17) is 15.7 Å². The summed E-state index contributed by atoms with van der Waals surface area (Å²) in [5.41, 5.74) is 5.27. The van der Waals surface area contributed by atoms with Crippen molar-refractivity contribution in [3.05, 3.63) is 0 Å². The number of alkyl halides is 2. The highest BCUT2D eigenvalue weighted by molar-refractivity contribution is 5.81. The number of halogens is 2. The Morgan fingerprint density at radius 1 is 1.73 bits per heavy atom. The van der Waals surface area contributed by atoms with E-state index in [1.807, 2.05) is 0 Å². The van der Waals surface area contributed by atoms with Gasteiger partial charge < -0.3 is 15.7 Å². The van der Waals surface area contributed by atoms with Gasteiger partial charge >= 0.3 is 0 Å². The van der Waals surface area contributed by atoms with E-state index in [1.165, 1.54) is 12.0 Å². The van der Waals surface area contributed by atoms with Gasteiger partial charge in [0.05, 0.1) is 19.7 Å². The Labute approximate surface area is 86.5 Å². The summed E-state index contributed by atoms with van der Waals surface area (Å²) < 4.78 is 31.0. The zero-order chi connectivity index (χ0) is 11.5. The molecule has 15 heavy (non-hydrogen) atoms. The van der Waals surface area contributed by atoms with E-state index in [1.54, 1.807) is 0 Å². The highest BCUT2D eigenvalue weighted by Crippen LogP contribution is 2.31. The van der Waals surface area contributed by atoms with Gasteiger partial charge in [0.15, 0.2) is 5.84 Å². The van der Waals surface area contributed by atoms with Gasteiger partial charge in [-0.1, -0.05) is 5.16 Å². The molecule has 1 heterocycles. The van der Waals surface area contributed by atoms with E-state index in [2.05, 4.69) is 5.16 Å². The van der Waals surface area contributed by atoms with Crippen molar-refractivity contribution in [3.63, 3.8) is 0 Å².